The Morgan fingerprint density at radius 3 is 2.02 bits per heavy atom. The van der Waals surface area contributed by atoms with Gasteiger partial charge in [0.1, 0.15) is 24.1 Å². The van der Waals surface area contributed by atoms with Gasteiger partial charge in [0.25, 0.3) is 10.0 Å². The number of aryl methyl sites for hydroxylation is 1. The van der Waals surface area contributed by atoms with E-state index in [1.807, 2.05) is 67.6 Å². The zero-order chi connectivity index (χ0) is 31.8. The quantitative estimate of drug-likeness (QED) is 0.195. The molecule has 0 unspecified atom stereocenters. The summed E-state index contributed by atoms with van der Waals surface area (Å²) in [5.41, 5.74) is 2.05. The van der Waals surface area contributed by atoms with Crippen molar-refractivity contribution >= 4 is 27.5 Å². The molecule has 0 bridgehead atoms. The largest absolute Gasteiger partial charge is 0.457 e. The van der Waals surface area contributed by atoms with Gasteiger partial charge < -0.3 is 15.0 Å². The molecular formula is C36H39N3O5S. The average molecular weight is 626 g/mol. The van der Waals surface area contributed by atoms with Crippen molar-refractivity contribution in [2.45, 2.75) is 63.1 Å². The predicted molar refractivity (Wildman–Crippen MR) is 176 cm³/mol. The third kappa shape index (κ3) is 8.10. The number of carbonyl (C=O) groups excluding carboxylic acids is 2. The van der Waals surface area contributed by atoms with E-state index in [1.165, 1.54) is 17.0 Å². The van der Waals surface area contributed by atoms with Crippen LogP contribution in [0.3, 0.4) is 0 Å². The third-order valence-corrected chi connectivity index (χ3v) is 9.84. The second kappa shape index (κ2) is 14.4. The molecule has 0 aliphatic heterocycles. The fourth-order valence-corrected chi connectivity index (χ4v) is 6.84. The number of anilines is 1. The van der Waals surface area contributed by atoms with Crippen LogP contribution >= 0.6 is 0 Å². The maximum absolute atomic E-state index is 14.2. The van der Waals surface area contributed by atoms with Crippen molar-refractivity contribution in [3.63, 3.8) is 0 Å². The number of para-hydroxylation sites is 1. The first-order chi connectivity index (χ1) is 21.7. The first-order valence-corrected chi connectivity index (χ1v) is 16.7. The van der Waals surface area contributed by atoms with Gasteiger partial charge in [0.05, 0.1) is 10.6 Å². The van der Waals surface area contributed by atoms with Crippen LogP contribution in [0.1, 0.15) is 43.7 Å². The Morgan fingerprint density at radius 2 is 1.40 bits per heavy atom. The lowest BCUT2D eigenvalue weighted by Crippen LogP contribution is -2.52. The SMILES string of the molecule is Cc1ccc(S(=O)(=O)N(CC(=O)N(Cc2ccccc2)[C@@H](C)C(=O)NC2CCCC2)c2ccc(Oc3ccccc3)cc2)cc1. The molecule has 1 aliphatic carbocycles. The van der Waals surface area contributed by atoms with Gasteiger partial charge in [-0.3, -0.25) is 13.9 Å². The number of carbonyl (C=O) groups is 2. The van der Waals surface area contributed by atoms with E-state index in [4.69, 9.17) is 4.74 Å². The van der Waals surface area contributed by atoms with Crippen molar-refractivity contribution in [2.75, 3.05) is 10.8 Å². The standard InChI is InChI=1S/C36H39N3O5S/c1-27-17-23-34(24-18-27)45(42,43)39(31-19-21-33(22-20-31)44-32-15-7-4-8-16-32)26-35(40)38(25-29-11-5-3-6-12-29)28(2)36(41)37-30-13-9-10-14-30/h3-8,11-12,15-24,28,30H,9-10,13-14,25-26H2,1-2H3,(H,37,41)/t28-/m0/s1. The molecule has 1 aliphatic rings. The summed E-state index contributed by atoms with van der Waals surface area (Å²) in [4.78, 5) is 29.1. The molecule has 4 aromatic rings. The summed E-state index contributed by atoms with van der Waals surface area (Å²) < 4.78 is 35.2. The number of sulfonamides is 1. The van der Waals surface area contributed by atoms with Crippen LogP contribution in [-0.4, -0.2) is 43.8 Å². The average Bonchev–Trinajstić information content (AvgIpc) is 3.57. The van der Waals surface area contributed by atoms with Crippen LogP contribution in [0.15, 0.2) is 114 Å². The Bertz CT molecular complexity index is 1670. The molecule has 2 amide bonds. The van der Waals surface area contributed by atoms with Crippen molar-refractivity contribution in [3.8, 4) is 11.5 Å². The Morgan fingerprint density at radius 1 is 0.822 bits per heavy atom. The summed E-state index contributed by atoms with van der Waals surface area (Å²) in [7, 11) is -4.16. The van der Waals surface area contributed by atoms with E-state index in [0.717, 1.165) is 41.1 Å². The van der Waals surface area contributed by atoms with Crippen LogP contribution in [0, 0.1) is 6.92 Å². The van der Waals surface area contributed by atoms with Crippen LogP contribution in [0.2, 0.25) is 0 Å². The molecule has 1 fully saturated rings. The zero-order valence-electron chi connectivity index (χ0n) is 25.6. The smallest absolute Gasteiger partial charge is 0.264 e. The summed E-state index contributed by atoms with van der Waals surface area (Å²) in [5.74, 6) is 0.424. The van der Waals surface area contributed by atoms with E-state index < -0.39 is 28.5 Å². The number of rotatable bonds is 12. The lowest BCUT2D eigenvalue weighted by molar-refractivity contribution is -0.139. The summed E-state index contributed by atoms with van der Waals surface area (Å²) >= 11 is 0. The molecule has 0 heterocycles. The second-order valence-electron chi connectivity index (χ2n) is 11.4. The minimum Gasteiger partial charge on any atom is -0.457 e. The van der Waals surface area contributed by atoms with E-state index in [2.05, 4.69) is 5.32 Å². The molecule has 1 atom stereocenters. The number of ether oxygens (including phenoxy) is 1. The molecule has 234 valence electrons. The van der Waals surface area contributed by atoms with Crippen molar-refractivity contribution in [1.29, 1.82) is 0 Å². The summed E-state index contributed by atoms with van der Waals surface area (Å²) in [6, 6.07) is 31.0. The summed E-state index contributed by atoms with van der Waals surface area (Å²) in [6.45, 7) is 3.23. The molecule has 9 heteroatoms. The maximum atomic E-state index is 14.2. The van der Waals surface area contributed by atoms with Crippen molar-refractivity contribution in [1.82, 2.24) is 10.2 Å². The van der Waals surface area contributed by atoms with Crippen LogP contribution < -0.4 is 14.4 Å². The van der Waals surface area contributed by atoms with Crippen molar-refractivity contribution < 1.29 is 22.7 Å². The minimum atomic E-state index is -4.16. The zero-order valence-corrected chi connectivity index (χ0v) is 26.5. The third-order valence-electron chi connectivity index (χ3n) is 8.06. The monoisotopic (exact) mass is 625 g/mol. The molecular weight excluding hydrogens is 586 g/mol. The van der Waals surface area contributed by atoms with Gasteiger partial charge in [0.15, 0.2) is 0 Å². The number of hydrogen-bond donors (Lipinski definition) is 1. The van der Waals surface area contributed by atoms with E-state index in [-0.39, 0.29) is 23.4 Å². The fourth-order valence-electron chi connectivity index (χ4n) is 5.43. The van der Waals surface area contributed by atoms with Gasteiger partial charge >= 0.3 is 0 Å². The number of nitrogens with one attached hydrogen (secondary N) is 1. The van der Waals surface area contributed by atoms with Gasteiger partial charge in [0, 0.05) is 12.6 Å². The van der Waals surface area contributed by atoms with Gasteiger partial charge in [-0.05, 0) is 80.8 Å². The number of hydrogen-bond acceptors (Lipinski definition) is 5. The van der Waals surface area contributed by atoms with E-state index in [0.29, 0.717) is 17.2 Å². The lowest BCUT2D eigenvalue weighted by atomic mass is 10.1. The normalized spacial score (nSPS) is 14.0. The van der Waals surface area contributed by atoms with E-state index >= 15 is 0 Å². The minimum absolute atomic E-state index is 0.0622. The first kappa shape index (κ1) is 31.8. The molecule has 0 spiro atoms. The Hall–Kier alpha value is -4.63. The Kier molecular flexibility index (Phi) is 10.2. The second-order valence-corrected chi connectivity index (χ2v) is 13.3. The molecule has 4 aromatic carbocycles. The molecule has 0 aromatic heterocycles. The molecule has 45 heavy (non-hydrogen) atoms. The number of benzene rings is 4. The predicted octanol–water partition coefficient (Wildman–Crippen LogP) is 6.46. The fraction of sp³-hybridized carbons (Fsp3) is 0.278. The molecule has 0 radical (unpaired) electrons. The molecule has 8 nitrogen and oxygen atoms in total. The number of nitrogens with zero attached hydrogens (tertiary/aromatic N) is 2. The van der Waals surface area contributed by atoms with E-state index in [9.17, 15) is 18.0 Å². The molecule has 5 rings (SSSR count). The van der Waals surface area contributed by atoms with Gasteiger partial charge in [0.2, 0.25) is 11.8 Å². The highest BCUT2D eigenvalue weighted by Crippen LogP contribution is 2.29. The van der Waals surface area contributed by atoms with Gasteiger partial charge in [-0.1, -0.05) is 79.1 Å². The van der Waals surface area contributed by atoms with Crippen molar-refractivity contribution in [3.05, 3.63) is 120 Å². The van der Waals surface area contributed by atoms with Crippen LogP contribution in [-0.2, 0) is 26.2 Å². The number of amides is 2. The van der Waals surface area contributed by atoms with Crippen LogP contribution in [0.5, 0.6) is 11.5 Å². The molecule has 1 N–H and O–H groups in total. The van der Waals surface area contributed by atoms with Crippen LogP contribution in [0.4, 0.5) is 5.69 Å². The molecule has 0 saturated heterocycles. The highest BCUT2D eigenvalue weighted by Gasteiger charge is 2.33. The summed E-state index contributed by atoms with van der Waals surface area (Å²) in [5, 5.41) is 3.09. The van der Waals surface area contributed by atoms with Crippen LogP contribution in [0.25, 0.3) is 0 Å². The highest BCUT2D eigenvalue weighted by molar-refractivity contribution is 7.92. The van der Waals surface area contributed by atoms with Gasteiger partial charge in [-0.2, -0.15) is 0 Å². The topological polar surface area (TPSA) is 96.0 Å². The van der Waals surface area contributed by atoms with E-state index in [1.54, 1.807) is 43.3 Å². The Labute approximate surface area is 265 Å². The lowest BCUT2D eigenvalue weighted by Gasteiger charge is -2.32. The summed E-state index contributed by atoms with van der Waals surface area (Å²) in [6.07, 6.45) is 3.95. The van der Waals surface area contributed by atoms with Gasteiger partial charge in [-0.25, -0.2) is 8.42 Å². The molecule has 1 saturated carbocycles. The Balaban J connectivity index is 1.46. The van der Waals surface area contributed by atoms with Crippen molar-refractivity contribution in [2.24, 2.45) is 0 Å². The maximum Gasteiger partial charge on any atom is 0.264 e. The van der Waals surface area contributed by atoms with Gasteiger partial charge in [-0.15, -0.1) is 0 Å². The highest BCUT2D eigenvalue weighted by atomic mass is 32.2. The first-order valence-electron chi connectivity index (χ1n) is 15.3.